The summed E-state index contributed by atoms with van der Waals surface area (Å²) in [5.41, 5.74) is 0.971. The first-order chi connectivity index (χ1) is 9.31. The molecule has 0 aliphatic heterocycles. The molecule has 2 aromatic rings. The van der Waals surface area contributed by atoms with Gasteiger partial charge in [-0.3, -0.25) is 0 Å². The van der Waals surface area contributed by atoms with Crippen molar-refractivity contribution in [3.05, 3.63) is 42.4 Å². The van der Waals surface area contributed by atoms with Crippen molar-refractivity contribution in [2.75, 3.05) is 26.0 Å². The number of nitrogens with zero attached hydrogens (tertiary/aromatic N) is 2. The Balaban J connectivity index is 2.05. The van der Waals surface area contributed by atoms with E-state index in [-0.39, 0.29) is 0 Å². The highest BCUT2D eigenvalue weighted by atomic mass is 16.5. The summed E-state index contributed by atoms with van der Waals surface area (Å²) in [6.07, 6.45) is 2.58. The van der Waals surface area contributed by atoms with Crippen molar-refractivity contribution in [2.24, 2.45) is 0 Å². The molecule has 0 aliphatic carbocycles. The molecule has 0 amide bonds. The van der Waals surface area contributed by atoms with Gasteiger partial charge in [0, 0.05) is 24.8 Å². The van der Waals surface area contributed by atoms with Crippen LogP contribution in [0, 0.1) is 0 Å². The number of benzene rings is 1. The normalized spacial score (nSPS) is 10.2. The topological polar surface area (TPSA) is 59.1 Å². The van der Waals surface area contributed by atoms with Gasteiger partial charge in [-0.1, -0.05) is 0 Å². The Labute approximate surface area is 113 Å². The smallest absolute Gasteiger partial charge is 0.134 e. The van der Waals surface area contributed by atoms with E-state index in [4.69, 9.17) is 4.74 Å². The summed E-state index contributed by atoms with van der Waals surface area (Å²) in [6, 6.07) is 9.58. The maximum Gasteiger partial charge on any atom is 0.134 e. The fourth-order valence-corrected chi connectivity index (χ4v) is 1.65. The predicted octanol–water partition coefficient (Wildman–Crippen LogP) is 1.99. The number of ether oxygens (including phenoxy) is 1. The van der Waals surface area contributed by atoms with Gasteiger partial charge in [0.2, 0.25) is 0 Å². The van der Waals surface area contributed by atoms with Crippen LogP contribution in [0.25, 0.3) is 0 Å². The van der Waals surface area contributed by atoms with Crippen LogP contribution >= 0.6 is 0 Å². The first-order valence-corrected chi connectivity index (χ1v) is 6.19. The van der Waals surface area contributed by atoms with Crippen LogP contribution in [0.2, 0.25) is 0 Å². The van der Waals surface area contributed by atoms with Crippen LogP contribution in [0.15, 0.2) is 36.5 Å². The van der Waals surface area contributed by atoms with Crippen LogP contribution in [0.5, 0.6) is 5.75 Å². The molecule has 0 spiro atoms. The van der Waals surface area contributed by atoms with Gasteiger partial charge in [-0.25, -0.2) is 9.97 Å². The van der Waals surface area contributed by atoms with Crippen molar-refractivity contribution >= 4 is 11.5 Å². The lowest BCUT2D eigenvalue weighted by molar-refractivity contribution is 0.415. The number of likely N-dealkylation sites (N-methyl/N-ethyl adjacent to an activating group) is 1. The minimum Gasteiger partial charge on any atom is -0.497 e. The summed E-state index contributed by atoms with van der Waals surface area (Å²) >= 11 is 0. The van der Waals surface area contributed by atoms with Gasteiger partial charge in [-0.15, -0.1) is 0 Å². The van der Waals surface area contributed by atoms with E-state index in [1.165, 1.54) is 0 Å². The average Bonchev–Trinajstić information content (AvgIpc) is 2.46. The highest BCUT2D eigenvalue weighted by molar-refractivity contribution is 5.56. The van der Waals surface area contributed by atoms with Crippen molar-refractivity contribution in [3.63, 3.8) is 0 Å². The van der Waals surface area contributed by atoms with Gasteiger partial charge in [0.15, 0.2) is 0 Å². The summed E-state index contributed by atoms with van der Waals surface area (Å²) in [6.45, 7) is 0.867. The second-order valence-electron chi connectivity index (χ2n) is 4.07. The minimum absolute atomic E-state index is 0.797. The molecule has 1 aromatic carbocycles. The summed E-state index contributed by atoms with van der Waals surface area (Å²) in [5.74, 6) is 2.46. The van der Waals surface area contributed by atoms with Crippen LogP contribution in [-0.4, -0.2) is 30.7 Å². The lowest BCUT2D eigenvalue weighted by Crippen LogP contribution is -2.12. The molecule has 0 aliphatic rings. The van der Waals surface area contributed by atoms with Gasteiger partial charge < -0.3 is 15.4 Å². The van der Waals surface area contributed by atoms with Gasteiger partial charge in [-0.2, -0.15) is 0 Å². The van der Waals surface area contributed by atoms with E-state index >= 15 is 0 Å². The fourth-order valence-electron chi connectivity index (χ4n) is 1.65. The van der Waals surface area contributed by atoms with E-state index in [9.17, 15) is 0 Å². The molecule has 2 rings (SSSR count). The Bertz CT molecular complexity index is 513. The van der Waals surface area contributed by atoms with Crippen LogP contribution in [0.1, 0.15) is 5.82 Å². The second-order valence-corrected chi connectivity index (χ2v) is 4.07. The van der Waals surface area contributed by atoms with Crippen molar-refractivity contribution in [2.45, 2.75) is 6.42 Å². The molecule has 100 valence electrons. The van der Waals surface area contributed by atoms with E-state index in [1.54, 1.807) is 13.3 Å². The molecule has 0 fully saturated rings. The third kappa shape index (κ3) is 3.93. The molecule has 1 aromatic heterocycles. The Morgan fingerprint density at radius 1 is 1.16 bits per heavy atom. The van der Waals surface area contributed by atoms with Crippen LogP contribution in [0.3, 0.4) is 0 Å². The van der Waals surface area contributed by atoms with E-state index in [0.29, 0.717) is 0 Å². The fraction of sp³-hybridized carbons (Fsp3) is 0.286. The van der Waals surface area contributed by atoms with Gasteiger partial charge in [0.05, 0.1) is 7.11 Å². The highest BCUT2D eigenvalue weighted by Gasteiger charge is 2.00. The molecule has 2 N–H and O–H groups in total. The maximum absolute atomic E-state index is 5.12. The highest BCUT2D eigenvalue weighted by Crippen LogP contribution is 2.18. The molecule has 0 saturated carbocycles. The van der Waals surface area contributed by atoms with Crippen molar-refractivity contribution < 1.29 is 4.74 Å². The molecule has 5 nitrogen and oxygen atoms in total. The lowest BCUT2D eigenvalue weighted by Gasteiger charge is -2.07. The van der Waals surface area contributed by atoms with Crippen molar-refractivity contribution in [1.29, 1.82) is 0 Å². The Morgan fingerprint density at radius 2 is 1.95 bits per heavy atom. The quantitative estimate of drug-likeness (QED) is 0.830. The third-order valence-electron chi connectivity index (χ3n) is 2.67. The second kappa shape index (κ2) is 6.70. The van der Waals surface area contributed by atoms with E-state index < -0.39 is 0 Å². The SMILES string of the molecule is CNCCc1nccc(Nc2ccc(OC)cc2)n1. The third-order valence-corrected chi connectivity index (χ3v) is 2.67. The number of aromatic nitrogens is 2. The van der Waals surface area contributed by atoms with Crippen molar-refractivity contribution in [1.82, 2.24) is 15.3 Å². The number of hydrogen-bond acceptors (Lipinski definition) is 5. The summed E-state index contributed by atoms with van der Waals surface area (Å²) in [5, 5.41) is 6.33. The summed E-state index contributed by atoms with van der Waals surface area (Å²) < 4.78 is 5.12. The zero-order valence-corrected chi connectivity index (χ0v) is 11.2. The predicted molar refractivity (Wildman–Crippen MR) is 75.9 cm³/mol. The molecule has 19 heavy (non-hydrogen) atoms. The Hall–Kier alpha value is -2.14. The number of anilines is 2. The van der Waals surface area contributed by atoms with Gasteiger partial charge >= 0.3 is 0 Å². The molecule has 0 radical (unpaired) electrons. The average molecular weight is 258 g/mol. The molecule has 0 unspecified atom stereocenters. The van der Waals surface area contributed by atoms with Crippen LogP contribution in [0.4, 0.5) is 11.5 Å². The number of hydrogen-bond donors (Lipinski definition) is 2. The Morgan fingerprint density at radius 3 is 2.63 bits per heavy atom. The Kier molecular flexibility index (Phi) is 4.69. The van der Waals surface area contributed by atoms with E-state index in [1.807, 2.05) is 37.4 Å². The molecule has 0 saturated heterocycles. The summed E-state index contributed by atoms with van der Waals surface area (Å²) in [7, 11) is 3.57. The monoisotopic (exact) mass is 258 g/mol. The van der Waals surface area contributed by atoms with Crippen molar-refractivity contribution in [3.8, 4) is 5.75 Å². The van der Waals surface area contributed by atoms with Crippen LogP contribution < -0.4 is 15.4 Å². The number of nitrogens with one attached hydrogen (secondary N) is 2. The standard InChI is InChI=1S/C14H18N4O/c1-15-9-7-13-16-10-8-14(18-13)17-11-3-5-12(19-2)6-4-11/h3-6,8,10,15H,7,9H2,1-2H3,(H,16,17,18). The van der Waals surface area contributed by atoms with Gasteiger partial charge in [0.1, 0.15) is 17.4 Å². The summed E-state index contributed by atoms with van der Waals surface area (Å²) in [4.78, 5) is 8.69. The zero-order chi connectivity index (χ0) is 13.5. The van der Waals surface area contributed by atoms with Gasteiger partial charge in [-0.05, 0) is 37.4 Å². The molecule has 0 atom stereocenters. The number of methoxy groups -OCH3 is 1. The van der Waals surface area contributed by atoms with Gasteiger partial charge in [0.25, 0.3) is 0 Å². The largest absolute Gasteiger partial charge is 0.497 e. The van der Waals surface area contributed by atoms with E-state index in [2.05, 4.69) is 20.6 Å². The van der Waals surface area contributed by atoms with E-state index in [0.717, 1.165) is 36.0 Å². The molecular weight excluding hydrogens is 240 g/mol. The first-order valence-electron chi connectivity index (χ1n) is 6.19. The molecule has 1 heterocycles. The molecule has 5 heteroatoms. The lowest BCUT2D eigenvalue weighted by atomic mass is 10.3. The number of rotatable bonds is 6. The maximum atomic E-state index is 5.12. The molecular formula is C14H18N4O. The zero-order valence-electron chi connectivity index (χ0n) is 11.2. The minimum atomic E-state index is 0.797. The van der Waals surface area contributed by atoms with Crippen LogP contribution in [-0.2, 0) is 6.42 Å². The molecule has 0 bridgehead atoms. The first kappa shape index (κ1) is 13.3.